The lowest BCUT2D eigenvalue weighted by atomic mass is 10.2. The van der Waals surface area contributed by atoms with Crippen molar-refractivity contribution >= 4 is 23.4 Å². The van der Waals surface area contributed by atoms with Crippen molar-refractivity contribution in [1.29, 1.82) is 0 Å². The standard InChI is InChI=1S/C19H15ClN2O4/c20-14-9-7-13(8-10-14)12-26-16-5-2-1-4-15(16)18(23)21-22-19(24)17-6-3-11-25-17/h1-11H,12H2,(H,21,23)(H,22,24). The summed E-state index contributed by atoms with van der Waals surface area (Å²) in [4.78, 5) is 24.1. The van der Waals surface area contributed by atoms with Crippen LogP contribution in [0.2, 0.25) is 5.02 Å². The minimum absolute atomic E-state index is 0.0950. The van der Waals surface area contributed by atoms with E-state index in [4.69, 9.17) is 20.8 Å². The van der Waals surface area contributed by atoms with Crippen LogP contribution in [0.15, 0.2) is 71.3 Å². The summed E-state index contributed by atoms with van der Waals surface area (Å²) in [7, 11) is 0. The second kappa shape index (κ2) is 8.22. The molecular weight excluding hydrogens is 356 g/mol. The highest BCUT2D eigenvalue weighted by molar-refractivity contribution is 6.30. The van der Waals surface area contributed by atoms with E-state index in [1.54, 1.807) is 42.5 Å². The predicted molar refractivity (Wildman–Crippen MR) is 95.9 cm³/mol. The zero-order chi connectivity index (χ0) is 18.4. The molecule has 0 spiro atoms. The van der Waals surface area contributed by atoms with Crippen LogP contribution < -0.4 is 15.6 Å². The molecule has 7 heteroatoms. The van der Waals surface area contributed by atoms with Gasteiger partial charge in [0.2, 0.25) is 0 Å². The highest BCUT2D eigenvalue weighted by Crippen LogP contribution is 2.20. The van der Waals surface area contributed by atoms with Gasteiger partial charge in [-0.2, -0.15) is 0 Å². The van der Waals surface area contributed by atoms with E-state index < -0.39 is 11.8 Å². The highest BCUT2D eigenvalue weighted by Gasteiger charge is 2.14. The molecule has 2 N–H and O–H groups in total. The van der Waals surface area contributed by atoms with Gasteiger partial charge in [-0.05, 0) is 42.0 Å². The van der Waals surface area contributed by atoms with Gasteiger partial charge in [0.1, 0.15) is 12.4 Å². The number of carbonyl (C=O) groups is 2. The lowest BCUT2D eigenvalue weighted by molar-refractivity contribution is 0.0828. The van der Waals surface area contributed by atoms with E-state index in [-0.39, 0.29) is 12.4 Å². The smallest absolute Gasteiger partial charge is 0.305 e. The Morgan fingerprint density at radius 3 is 2.38 bits per heavy atom. The summed E-state index contributed by atoms with van der Waals surface area (Å²) in [5, 5.41) is 0.640. The van der Waals surface area contributed by atoms with E-state index in [0.717, 1.165) is 5.56 Å². The van der Waals surface area contributed by atoms with E-state index in [1.807, 2.05) is 12.1 Å². The monoisotopic (exact) mass is 370 g/mol. The molecule has 1 aromatic heterocycles. The number of carbonyl (C=O) groups excluding carboxylic acids is 2. The molecule has 6 nitrogen and oxygen atoms in total. The zero-order valence-corrected chi connectivity index (χ0v) is 14.3. The summed E-state index contributed by atoms with van der Waals surface area (Å²) in [5.41, 5.74) is 5.83. The zero-order valence-electron chi connectivity index (χ0n) is 13.6. The molecule has 0 bridgehead atoms. The molecule has 0 radical (unpaired) electrons. The van der Waals surface area contributed by atoms with Gasteiger partial charge in [0.05, 0.1) is 11.8 Å². The molecule has 0 atom stereocenters. The summed E-state index contributed by atoms with van der Waals surface area (Å²) >= 11 is 5.86. The van der Waals surface area contributed by atoms with Crippen LogP contribution in [0.4, 0.5) is 0 Å². The molecule has 26 heavy (non-hydrogen) atoms. The first-order valence-electron chi connectivity index (χ1n) is 7.74. The maximum Gasteiger partial charge on any atom is 0.305 e. The van der Waals surface area contributed by atoms with Crippen LogP contribution in [-0.2, 0) is 6.61 Å². The van der Waals surface area contributed by atoms with Gasteiger partial charge < -0.3 is 9.15 Å². The summed E-state index contributed by atoms with van der Waals surface area (Å²) in [5.74, 6) is -0.565. The Morgan fingerprint density at radius 2 is 1.65 bits per heavy atom. The third kappa shape index (κ3) is 4.43. The quantitative estimate of drug-likeness (QED) is 0.672. The first-order chi connectivity index (χ1) is 12.6. The Morgan fingerprint density at radius 1 is 0.923 bits per heavy atom. The molecule has 132 valence electrons. The van der Waals surface area contributed by atoms with Gasteiger partial charge in [-0.25, -0.2) is 0 Å². The molecule has 0 aliphatic rings. The third-order valence-corrected chi connectivity index (χ3v) is 3.73. The molecule has 0 saturated carbocycles. The number of hydrogen-bond donors (Lipinski definition) is 2. The number of furan rings is 1. The van der Waals surface area contributed by atoms with Crippen LogP contribution in [0.25, 0.3) is 0 Å². The maximum absolute atomic E-state index is 12.3. The number of hydrogen-bond acceptors (Lipinski definition) is 4. The Kier molecular flexibility index (Phi) is 5.56. The number of nitrogens with one attached hydrogen (secondary N) is 2. The first kappa shape index (κ1) is 17.6. The van der Waals surface area contributed by atoms with Crippen molar-refractivity contribution in [3.63, 3.8) is 0 Å². The fourth-order valence-electron chi connectivity index (χ4n) is 2.17. The van der Waals surface area contributed by atoms with Crippen molar-refractivity contribution in [3.05, 3.63) is 88.8 Å². The van der Waals surface area contributed by atoms with Gasteiger partial charge in [0, 0.05) is 5.02 Å². The summed E-state index contributed by atoms with van der Waals surface area (Å²) in [6.45, 7) is 0.278. The summed E-state index contributed by atoms with van der Waals surface area (Å²) < 4.78 is 10.7. The van der Waals surface area contributed by atoms with E-state index in [2.05, 4.69) is 10.9 Å². The van der Waals surface area contributed by atoms with E-state index >= 15 is 0 Å². The van der Waals surface area contributed by atoms with E-state index in [1.165, 1.54) is 12.3 Å². The molecule has 2 aromatic carbocycles. The second-order valence-corrected chi connectivity index (χ2v) is 5.73. The summed E-state index contributed by atoms with van der Waals surface area (Å²) in [6.07, 6.45) is 1.37. The van der Waals surface area contributed by atoms with Crippen molar-refractivity contribution < 1.29 is 18.7 Å². The molecule has 3 rings (SSSR count). The minimum atomic E-state index is -0.553. The molecule has 0 saturated heterocycles. The fourth-order valence-corrected chi connectivity index (χ4v) is 2.30. The molecule has 0 aliphatic carbocycles. The van der Waals surface area contributed by atoms with Crippen molar-refractivity contribution in [2.45, 2.75) is 6.61 Å². The number of amides is 2. The van der Waals surface area contributed by atoms with E-state index in [9.17, 15) is 9.59 Å². The highest BCUT2D eigenvalue weighted by atomic mass is 35.5. The van der Waals surface area contributed by atoms with Gasteiger partial charge in [-0.1, -0.05) is 35.9 Å². The minimum Gasteiger partial charge on any atom is -0.488 e. The molecular formula is C19H15ClN2O4. The largest absolute Gasteiger partial charge is 0.488 e. The van der Waals surface area contributed by atoms with Crippen LogP contribution in [0.1, 0.15) is 26.5 Å². The molecule has 0 unspecified atom stereocenters. The maximum atomic E-state index is 12.3. The van der Waals surface area contributed by atoms with Crippen LogP contribution in [0, 0.1) is 0 Å². The van der Waals surface area contributed by atoms with Gasteiger partial charge in [0.15, 0.2) is 5.76 Å². The molecule has 2 amide bonds. The van der Waals surface area contributed by atoms with Crippen molar-refractivity contribution in [1.82, 2.24) is 10.9 Å². The molecule has 0 fully saturated rings. The third-order valence-electron chi connectivity index (χ3n) is 3.47. The Bertz CT molecular complexity index is 892. The summed E-state index contributed by atoms with van der Waals surface area (Å²) in [6, 6.07) is 17.0. The van der Waals surface area contributed by atoms with E-state index in [0.29, 0.717) is 16.3 Å². The Hall–Kier alpha value is -3.25. The lowest BCUT2D eigenvalue weighted by Crippen LogP contribution is -2.41. The molecule has 0 aliphatic heterocycles. The topological polar surface area (TPSA) is 80.6 Å². The van der Waals surface area contributed by atoms with Gasteiger partial charge in [-0.3, -0.25) is 20.4 Å². The lowest BCUT2D eigenvalue weighted by Gasteiger charge is -2.12. The number of halogens is 1. The number of rotatable bonds is 5. The fraction of sp³-hybridized carbons (Fsp3) is 0.0526. The Balaban J connectivity index is 1.63. The second-order valence-electron chi connectivity index (χ2n) is 5.30. The Labute approximate surface area is 154 Å². The van der Waals surface area contributed by atoms with Crippen LogP contribution in [-0.4, -0.2) is 11.8 Å². The first-order valence-corrected chi connectivity index (χ1v) is 8.12. The SMILES string of the molecule is O=C(NNC(=O)c1ccccc1OCc1ccc(Cl)cc1)c1ccco1. The average Bonchev–Trinajstić information content (AvgIpc) is 3.20. The van der Waals surface area contributed by atoms with Crippen LogP contribution in [0.5, 0.6) is 5.75 Å². The number of para-hydroxylation sites is 1. The van der Waals surface area contributed by atoms with Gasteiger partial charge in [-0.15, -0.1) is 0 Å². The van der Waals surface area contributed by atoms with Crippen LogP contribution >= 0.6 is 11.6 Å². The van der Waals surface area contributed by atoms with Crippen molar-refractivity contribution in [3.8, 4) is 5.75 Å². The van der Waals surface area contributed by atoms with Crippen molar-refractivity contribution in [2.24, 2.45) is 0 Å². The van der Waals surface area contributed by atoms with Gasteiger partial charge >= 0.3 is 5.91 Å². The molecule has 1 heterocycles. The normalized spacial score (nSPS) is 10.2. The average molecular weight is 371 g/mol. The van der Waals surface area contributed by atoms with Crippen LogP contribution in [0.3, 0.4) is 0 Å². The molecule has 3 aromatic rings. The van der Waals surface area contributed by atoms with Gasteiger partial charge in [0.25, 0.3) is 5.91 Å². The number of hydrazine groups is 1. The van der Waals surface area contributed by atoms with Crippen molar-refractivity contribution in [2.75, 3.05) is 0 Å². The predicted octanol–water partition coefficient (Wildman–Crippen LogP) is 3.59. The number of benzene rings is 2. The number of ether oxygens (including phenoxy) is 1.